The van der Waals surface area contributed by atoms with Gasteiger partial charge in [-0.2, -0.15) is 0 Å². The molecule has 2 rings (SSSR count). The monoisotopic (exact) mass is 425 g/mol. The van der Waals surface area contributed by atoms with Gasteiger partial charge in [0, 0.05) is 12.2 Å². The summed E-state index contributed by atoms with van der Waals surface area (Å²) >= 11 is 0. The number of hydrogen-bond donors (Lipinski definition) is 0. The van der Waals surface area contributed by atoms with Gasteiger partial charge in [0.15, 0.2) is 0 Å². The van der Waals surface area contributed by atoms with Crippen LogP contribution in [0.4, 0.5) is 0 Å². The molecule has 31 heavy (non-hydrogen) atoms. The van der Waals surface area contributed by atoms with Crippen molar-refractivity contribution in [2.75, 3.05) is 19.8 Å². The number of aromatic nitrogens is 1. The van der Waals surface area contributed by atoms with Gasteiger partial charge < -0.3 is 9.47 Å². The fourth-order valence-electron chi connectivity index (χ4n) is 3.72. The van der Waals surface area contributed by atoms with E-state index in [1.54, 1.807) is 0 Å². The van der Waals surface area contributed by atoms with Crippen molar-refractivity contribution in [3.63, 3.8) is 0 Å². The second kappa shape index (κ2) is 16.8. The number of pyridine rings is 1. The summed E-state index contributed by atoms with van der Waals surface area (Å²) in [5.74, 6) is 0.801. The number of aryl methyl sites for hydroxylation is 1. The maximum absolute atomic E-state index is 5.75. The molecule has 2 aromatic rings. The Morgan fingerprint density at radius 3 is 2.00 bits per heavy atom. The van der Waals surface area contributed by atoms with E-state index in [-0.39, 0.29) is 0 Å². The van der Waals surface area contributed by atoms with E-state index in [1.807, 2.05) is 18.3 Å². The first-order valence-corrected chi connectivity index (χ1v) is 12.6. The van der Waals surface area contributed by atoms with E-state index in [0.29, 0.717) is 13.2 Å². The Bertz CT molecular complexity index is 666. The molecule has 0 aliphatic carbocycles. The van der Waals surface area contributed by atoms with E-state index >= 15 is 0 Å². The van der Waals surface area contributed by atoms with E-state index in [9.17, 15) is 0 Å². The number of rotatable bonds is 18. The molecule has 0 spiro atoms. The fourth-order valence-corrected chi connectivity index (χ4v) is 3.72. The lowest BCUT2D eigenvalue weighted by Gasteiger charge is -2.08. The number of nitrogens with zero attached hydrogens (tertiary/aromatic N) is 1. The minimum Gasteiger partial charge on any atom is -0.490 e. The van der Waals surface area contributed by atoms with Gasteiger partial charge in [-0.05, 0) is 37.0 Å². The molecule has 0 aliphatic rings. The molecule has 172 valence electrons. The number of ether oxygens (including phenoxy) is 2. The van der Waals surface area contributed by atoms with Gasteiger partial charge >= 0.3 is 0 Å². The summed E-state index contributed by atoms with van der Waals surface area (Å²) in [6.45, 7) is 6.55. The van der Waals surface area contributed by atoms with Crippen molar-refractivity contribution in [1.82, 2.24) is 4.98 Å². The topological polar surface area (TPSA) is 31.4 Å². The Kier molecular flexibility index (Phi) is 13.7. The molecular formula is C28H43NO2. The minimum absolute atomic E-state index is 0.573. The molecule has 0 atom stereocenters. The molecule has 0 saturated heterocycles. The second-order valence-electron chi connectivity index (χ2n) is 8.47. The molecule has 3 nitrogen and oxygen atoms in total. The van der Waals surface area contributed by atoms with Crippen molar-refractivity contribution in [2.45, 2.75) is 90.9 Å². The van der Waals surface area contributed by atoms with Crippen molar-refractivity contribution in [3.8, 4) is 17.0 Å². The third-order valence-corrected chi connectivity index (χ3v) is 5.69. The van der Waals surface area contributed by atoms with Crippen LogP contribution < -0.4 is 4.74 Å². The Morgan fingerprint density at radius 2 is 1.32 bits per heavy atom. The van der Waals surface area contributed by atoms with E-state index in [2.05, 4.69) is 43.1 Å². The zero-order valence-electron chi connectivity index (χ0n) is 19.9. The van der Waals surface area contributed by atoms with Crippen LogP contribution in [0.25, 0.3) is 11.3 Å². The van der Waals surface area contributed by atoms with E-state index in [1.165, 1.54) is 76.2 Å². The van der Waals surface area contributed by atoms with E-state index < -0.39 is 0 Å². The van der Waals surface area contributed by atoms with Crippen LogP contribution in [0.2, 0.25) is 0 Å². The Balaban J connectivity index is 1.62. The third kappa shape index (κ3) is 11.4. The quantitative estimate of drug-likeness (QED) is 0.227. The Hall–Kier alpha value is -1.87. The summed E-state index contributed by atoms with van der Waals surface area (Å²) in [5.41, 5.74) is 3.57. The van der Waals surface area contributed by atoms with Crippen LogP contribution in [0.3, 0.4) is 0 Å². The van der Waals surface area contributed by atoms with Crippen LogP contribution in [-0.2, 0) is 11.2 Å². The highest BCUT2D eigenvalue weighted by Crippen LogP contribution is 2.21. The highest BCUT2D eigenvalue weighted by atomic mass is 16.5. The summed E-state index contributed by atoms with van der Waals surface area (Å²) in [4.78, 5) is 4.57. The molecule has 0 amide bonds. The second-order valence-corrected chi connectivity index (χ2v) is 8.47. The first-order chi connectivity index (χ1) is 15.3. The number of unbranched alkanes of at least 4 members (excludes halogenated alkanes) is 9. The zero-order chi connectivity index (χ0) is 22.0. The summed E-state index contributed by atoms with van der Waals surface area (Å²) in [5, 5.41) is 0. The molecule has 0 saturated carbocycles. The summed E-state index contributed by atoms with van der Waals surface area (Å²) in [6, 6.07) is 12.9. The van der Waals surface area contributed by atoms with Gasteiger partial charge in [-0.3, -0.25) is 4.98 Å². The Labute approximate surface area is 190 Å². The first kappa shape index (κ1) is 25.4. The number of benzene rings is 1. The normalized spacial score (nSPS) is 11.0. The summed E-state index contributed by atoms with van der Waals surface area (Å²) < 4.78 is 11.4. The summed E-state index contributed by atoms with van der Waals surface area (Å²) in [7, 11) is 0. The molecule has 0 bridgehead atoms. The molecule has 3 heteroatoms. The lowest BCUT2D eigenvalue weighted by atomic mass is 10.0. The highest BCUT2D eigenvalue weighted by molar-refractivity contribution is 5.59. The maximum Gasteiger partial charge on any atom is 0.137 e. The fraction of sp³-hybridized carbons (Fsp3) is 0.607. The van der Waals surface area contributed by atoms with Crippen molar-refractivity contribution in [1.29, 1.82) is 0 Å². The first-order valence-electron chi connectivity index (χ1n) is 12.6. The van der Waals surface area contributed by atoms with Crippen molar-refractivity contribution < 1.29 is 9.47 Å². The maximum atomic E-state index is 5.75. The molecule has 0 radical (unpaired) electrons. The van der Waals surface area contributed by atoms with Crippen LogP contribution in [0.1, 0.15) is 90.0 Å². The van der Waals surface area contributed by atoms with Crippen LogP contribution in [0.5, 0.6) is 5.75 Å². The van der Waals surface area contributed by atoms with Crippen LogP contribution in [0.15, 0.2) is 42.6 Å². The standard InChI is InChI=1S/C28H43NO2/c1-3-5-7-9-10-12-14-25-15-17-26(18-16-25)28-20-19-27(24-29-28)31-23-22-30-21-13-11-8-6-4-2/h15-20,24H,3-14,21-23H2,1-2H3. The zero-order valence-corrected chi connectivity index (χ0v) is 19.9. The van der Waals surface area contributed by atoms with E-state index in [0.717, 1.165) is 30.0 Å². The predicted molar refractivity (Wildman–Crippen MR) is 132 cm³/mol. The molecule has 1 aromatic carbocycles. The average molecular weight is 426 g/mol. The van der Waals surface area contributed by atoms with E-state index in [4.69, 9.17) is 9.47 Å². The highest BCUT2D eigenvalue weighted by Gasteiger charge is 2.02. The Morgan fingerprint density at radius 1 is 0.645 bits per heavy atom. The average Bonchev–Trinajstić information content (AvgIpc) is 2.81. The summed E-state index contributed by atoms with van der Waals surface area (Å²) in [6.07, 6.45) is 17.4. The smallest absolute Gasteiger partial charge is 0.137 e. The van der Waals surface area contributed by atoms with Crippen molar-refractivity contribution >= 4 is 0 Å². The van der Waals surface area contributed by atoms with Crippen molar-refractivity contribution in [2.24, 2.45) is 0 Å². The molecule has 1 aromatic heterocycles. The lowest BCUT2D eigenvalue weighted by molar-refractivity contribution is 0.0970. The van der Waals surface area contributed by atoms with Gasteiger partial charge in [-0.1, -0.05) is 95.9 Å². The molecule has 0 N–H and O–H groups in total. The van der Waals surface area contributed by atoms with Gasteiger partial charge in [0.1, 0.15) is 12.4 Å². The third-order valence-electron chi connectivity index (χ3n) is 5.69. The molecule has 0 unspecified atom stereocenters. The minimum atomic E-state index is 0.573. The van der Waals surface area contributed by atoms with Gasteiger partial charge in [-0.25, -0.2) is 0 Å². The lowest BCUT2D eigenvalue weighted by Crippen LogP contribution is -2.07. The van der Waals surface area contributed by atoms with Crippen LogP contribution in [0, 0.1) is 0 Å². The SMILES string of the molecule is CCCCCCCCc1ccc(-c2ccc(OCCOCCCCCCC)cn2)cc1. The van der Waals surface area contributed by atoms with Gasteiger partial charge in [-0.15, -0.1) is 0 Å². The largest absolute Gasteiger partial charge is 0.490 e. The molecular weight excluding hydrogens is 382 g/mol. The van der Waals surface area contributed by atoms with Crippen LogP contribution in [-0.4, -0.2) is 24.8 Å². The van der Waals surface area contributed by atoms with Crippen LogP contribution >= 0.6 is 0 Å². The number of hydrogen-bond acceptors (Lipinski definition) is 3. The van der Waals surface area contributed by atoms with Gasteiger partial charge in [0.05, 0.1) is 18.5 Å². The van der Waals surface area contributed by atoms with Crippen molar-refractivity contribution in [3.05, 3.63) is 48.2 Å². The van der Waals surface area contributed by atoms with Gasteiger partial charge in [0.25, 0.3) is 0 Å². The molecule has 1 heterocycles. The molecule has 0 fully saturated rings. The molecule has 0 aliphatic heterocycles. The van der Waals surface area contributed by atoms with Gasteiger partial charge in [0.2, 0.25) is 0 Å². The predicted octanol–water partition coefficient (Wildman–Crippen LogP) is 8.02.